The first-order valence-corrected chi connectivity index (χ1v) is 4.01. The Hall–Kier alpha value is -1.93. The molecule has 0 amide bonds. The second-order valence-corrected chi connectivity index (χ2v) is 2.80. The lowest BCUT2D eigenvalue weighted by atomic mass is 10.2. The van der Waals surface area contributed by atoms with Gasteiger partial charge < -0.3 is 9.72 Å². The van der Waals surface area contributed by atoms with Crippen molar-refractivity contribution in [2.24, 2.45) is 0 Å². The summed E-state index contributed by atoms with van der Waals surface area (Å²) >= 11 is 0. The number of carbonyl (C=O) groups is 1. The number of hydrogen-bond donors (Lipinski definition) is 1. The van der Waals surface area contributed by atoms with E-state index >= 15 is 0 Å². The third-order valence-corrected chi connectivity index (χ3v) is 1.63. The number of pyridine rings is 1. The van der Waals surface area contributed by atoms with Crippen LogP contribution in [0.25, 0.3) is 0 Å². The average molecular weight is 257 g/mol. The lowest BCUT2D eigenvalue weighted by Crippen LogP contribution is -2.22. The molecular formula is C8H4F5NO3. The number of carbonyl (C=O) groups excluding carboxylic acids is 1. The number of halogens is 5. The third-order valence-electron chi connectivity index (χ3n) is 1.63. The van der Waals surface area contributed by atoms with Crippen molar-refractivity contribution in [2.75, 3.05) is 0 Å². The van der Waals surface area contributed by atoms with Crippen molar-refractivity contribution in [1.29, 1.82) is 0 Å². The highest BCUT2D eigenvalue weighted by Gasteiger charge is 2.34. The van der Waals surface area contributed by atoms with Crippen LogP contribution in [-0.4, -0.2) is 17.6 Å². The zero-order chi connectivity index (χ0) is 13.2. The maximum Gasteiger partial charge on any atom is 0.573 e. The number of nitrogens with one attached hydrogen (secondary N) is 1. The van der Waals surface area contributed by atoms with Crippen molar-refractivity contribution in [3.05, 3.63) is 27.7 Å². The van der Waals surface area contributed by atoms with E-state index in [0.29, 0.717) is 6.07 Å². The minimum atomic E-state index is -5.21. The number of H-pyrrole nitrogens is 1. The Labute approximate surface area is 90.0 Å². The molecule has 0 saturated carbocycles. The van der Waals surface area contributed by atoms with Gasteiger partial charge in [-0.05, 0) is 6.07 Å². The molecule has 0 radical (unpaired) electrons. The highest BCUT2D eigenvalue weighted by atomic mass is 19.4. The van der Waals surface area contributed by atoms with Crippen LogP contribution < -0.4 is 10.3 Å². The van der Waals surface area contributed by atoms with Crippen molar-refractivity contribution in [1.82, 2.24) is 4.98 Å². The second kappa shape index (κ2) is 4.52. The molecule has 1 aromatic rings. The highest BCUT2D eigenvalue weighted by molar-refractivity contribution is 5.74. The van der Waals surface area contributed by atoms with Crippen LogP contribution in [0.5, 0.6) is 5.75 Å². The first kappa shape index (κ1) is 13.1. The summed E-state index contributed by atoms with van der Waals surface area (Å²) in [5.41, 5.74) is -3.30. The number of ether oxygens (including phenoxy) is 1. The van der Waals surface area contributed by atoms with E-state index in [2.05, 4.69) is 4.74 Å². The predicted molar refractivity (Wildman–Crippen MR) is 44.1 cm³/mol. The number of rotatable bonds is 3. The summed E-state index contributed by atoms with van der Waals surface area (Å²) in [5, 5.41) is 0. The van der Waals surface area contributed by atoms with Gasteiger partial charge in [-0.25, -0.2) is 8.78 Å². The molecule has 1 aromatic heterocycles. The van der Waals surface area contributed by atoms with Gasteiger partial charge >= 0.3 is 6.36 Å². The van der Waals surface area contributed by atoms with Crippen LogP contribution >= 0.6 is 0 Å². The second-order valence-electron chi connectivity index (χ2n) is 2.80. The molecular weight excluding hydrogens is 253 g/mol. The molecule has 0 saturated heterocycles. The van der Waals surface area contributed by atoms with Gasteiger partial charge in [0, 0.05) is 0 Å². The Balaban J connectivity index is 3.34. The van der Waals surface area contributed by atoms with E-state index in [-0.39, 0.29) is 6.29 Å². The van der Waals surface area contributed by atoms with Crippen LogP contribution in [0.1, 0.15) is 22.5 Å². The summed E-state index contributed by atoms with van der Waals surface area (Å²) in [6.45, 7) is 0. The van der Waals surface area contributed by atoms with Gasteiger partial charge in [0.15, 0.2) is 12.0 Å². The summed E-state index contributed by atoms with van der Waals surface area (Å²) in [5.74, 6) is -1.31. The number of aromatic nitrogens is 1. The van der Waals surface area contributed by atoms with Crippen LogP contribution in [0.3, 0.4) is 0 Å². The Morgan fingerprint density at radius 3 is 2.35 bits per heavy atom. The van der Waals surface area contributed by atoms with Gasteiger partial charge in [0.1, 0.15) is 5.69 Å². The summed E-state index contributed by atoms with van der Waals surface area (Å²) in [6.07, 6.45) is -8.65. The van der Waals surface area contributed by atoms with Crippen molar-refractivity contribution >= 4 is 6.29 Å². The molecule has 0 aliphatic heterocycles. The molecule has 0 aromatic carbocycles. The molecule has 1 rings (SSSR count). The van der Waals surface area contributed by atoms with Crippen molar-refractivity contribution in [2.45, 2.75) is 12.8 Å². The monoisotopic (exact) mass is 257 g/mol. The lowest BCUT2D eigenvalue weighted by molar-refractivity contribution is -0.275. The normalized spacial score (nSPS) is 11.6. The van der Waals surface area contributed by atoms with Gasteiger partial charge in [-0.2, -0.15) is 0 Å². The summed E-state index contributed by atoms with van der Waals surface area (Å²) < 4.78 is 63.5. The van der Waals surface area contributed by atoms with Crippen molar-refractivity contribution < 1.29 is 31.5 Å². The molecule has 0 atom stereocenters. The molecule has 0 unspecified atom stereocenters. The molecule has 1 N–H and O–H groups in total. The van der Waals surface area contributed by atoms with E-state index in [1.165, 1.54) is 4.98 Å². The smallest absolute Gasteiger partial charge is 0.404 e. The maximum atomic E-state index is 12.3. The minimum Gasteiger partial charge on any atom is -0.404 e. The SMILES string of the molecule is O=Cc1cc(OC(F)(F)F)c(C(F)F)[nH]c1=O. The Morgan fingerprint density at radius 2 is 1.94 bits per heavy atom. The van der Waals surface area contributed by atoms with Crippen LogP contribution in [0, 0.1) is 0 Å². The van der Waals surface area contributed by atoms with Crippen molar-refractivity contribution in [3.63, 3.8) is 0 Å². The third kappa shape index (κ3) is 3.26. The Kier molecular flexibility index (Phi) is 3.49. The molecule has 17 heavy (non-hydrogen) atoms. The first-order chi connectivity index (χ1) is 7.74. The fourth-order valence-corrected chi connectivity index (χ4v) is 0.999. The summed E-state index contributed by atoms with van der Waals surface area (Å²) in [4.78, 5) is 22.7. The molecule has 0 aliphatic carbocycles. The summed E-state index contributed by atoms with van der Waals surface area (Å²) in [7, 11) is 0. The highest BCUT2D eigenvalue weighted by Crippen LogP contribution is 2.30. The standard InChI is InChI=1S/C8H4F5NO3/c9-6(10)5-4(17-8(11,12)13)1-3(2-15)7(16)14-5/h1-2,6H,(H,14,16). The molecule has 1 heterocycles. The minimum absolute atomic E-state index is 0.0721. The van der Waals surface area contributed by atoms with E-state index in [4.69, 9.17) is 0 Å². The largest absolute Gasteiger partial charge is 0.573 e. The lowest BCUT2D eigenvalue weighted by Gasteiger charge is -2.12. The number of aromatic amines is 1. The predicted octanol–water partition coefficient (Wildman–Crippen LogP) is 2.02. The molecule has 0 aliphatic rings. The zero-order valence-corrected chi connectivity index (χ0v) is 7.85. The van der Waals surface area contributed by atoms with Gasteiger partial charge in [-0.15, -0.1) is 13.2 Å². The van der Waals surface area contributed by atoms with Crippen LogP contribution in [-0.2, 0) is 0 Å². The molecule has 4 nitrogen and oxygen atoms in total. The zero-order valence-electron chi connectivity index (χ0n) is 7.85. The molecule has 94 valence electrons. The van der Waals surface area contributed by atoms with Gasteiger partial charge in [-0.3, -0.25) is 9.59 Å². The van der Waals surface area contributed by atoms with E-state index in [9.17, 15) is 31.5 Å². The Bertz CT molecular complexity index is 479. The quantitative estimate of drug-likeness (QED) is 0.665. The number of aldehydes is 1. The fourth-order valence-electron chi connectivity index (χ4n) is 0.999. The first-order valence-electron chi connectivity index (χ1n) is 4.01. The van der Waals surface area contributed by atoms with E-state index in [1.807, 2.05) is 0 Å². The molecule has 0 bridgehead atoms. The molecule has 9 heteroatoms. The van der Waals surface area contributed by atoms with Crippen molar-refractivity contribution in [3.8, 4) is 5.75 Å². The number of alkyl halides is 5. The fraction of sp³-hybridized carbons (Fsp3) is 0.250. The maximum absolute atomic E-state index is 12.3. The van der Waals surface area contributed by atoms with Gasteiger partial charge in [0.05, 0.1) is 5.56 Å². The van der Waals surface area contributed by atoms with E-state index in [0.717, 1.165) is 0 Å². The van der Waals surface area contributed by atoms with E-state index in [1.54, 1.807) is 0 Å². The number of hydrogen-bond acceptors (Lipinski definition) is 3. The van der Waals surface area contributed by atoms with Crippen LogP contribution in [0.2, 0.25) is 0 Å². The molecule has 0 fully saturated rings. The summed E-state index contributed by atoms with van der Waals surface area (Å²) in [6, 6.07) is 0.306. The van der Waals surface area contributed by atoms with Crippen LogP contribution in [0.4, 0.5) is 22.0 Å². The van der Waals surface area contributed by atoms with Gasteiger partial charge in [0.2, 0.25) is 0 Å². The van der Waals surface area contributed by atoms with Gasteiger partial charge in [-0.1, -0.05) is 0 Å². The topological polar surface area (TPSA) is 59.2 Å². The Morgan fingerprint density at radius 1 is 1.35 bits per heavy atom. The van der Waals surface area contributed by atoms with Crippen LogP contribution in [0.15, 0.2) is 10.9 Å². The van der Waals surface area contributed by atoms with Gasteiger partial charge in [0.25, 0.3) is 12.0 Å². The van der Waals surface area contributed by atoms with E-state index < -0.39 is 35.4 Å². The molecule has 0 spiro atoms. The average Bonchev–Trinajstić information content (AvgIpc) is 2.17.